The second-order valence-corrected chi connectivity index (χ2v) is 5.76. The predicted octanol–water partition coefficient (Wildman–Crippen LogP) is -0.344. The number of ether oxygens (including phenoxy) is 9. The second kappa shape index (κ2) is 28.6. The molecule has 0 heterocycles. The molecule has 0 atom stereocenters. The van der Waals surface area contributed by atoms with Crippen molar-refractivity contribution in [3.8, 4) is 0 Å². The third kappa shape index (κ3) is 27.6. The first-order chi connectivity index (χ1) is 14.9. The summed E-state index contributed by atoms with van der Waals surface area (Å²) in [6.45, 7) is 9.45. The van der Waals surface area contributed by atoms with Crippen molar-refractivity contribution in [2.45, 2.75) is 0 Å². The van der Waals surface area contributed by atoms with Gasteiger partial charge in [0, 0.05) is 7.11 Å². The quantitative estimate of drug-likeness (QED) is 0.133. The number of hydrogen-bond donors (Lipinski definition) is 1. The van der Waals surface area contributed by atoms with Crippen molar-refractivity contribution in [3.63, 3.8) is 0 Å². The van der Waals surface area contributed by atoms with Crippen LogP contribution in [0.3, 0.4) is 0 Å². The molecule has 30 heavy (non-hydrogen) atoms. The Kier molecular flexibility index (Phi) is 28.1. The number of nitrogens with two attached hydrogens (primary N) is 1. The number of hydrogen-bond acceptors (Lipinski definition) is 11. The fourth-order valence-corrected chi connectivity index (χ4v) is 1.89. The van der Waals surface area contributed by atoms with Gasteiger partial charge in [-0.3, -0.25) is 0 Å². The van der Waals surface area contributed by atoms with Crippen LogP contribution in [0.1, 0.15) is 0 Å². The van der Waals surface area contributed by atoms with E-state index in [0.29, 0.717) is 119 Å². The highest BCUT2D eigenvalue weighted by atomic mass is 16.6. The van der Waals surface area contributed by atoms with Crippen LogP contribution < -0.4 is 5.90 Å². The summed E-state index contributed by atoms with van der Waals surface area (Å²) in [5, 5.41) is 0. The maximum Gasteiger partial charge on any atom is 0.0913 e. The Bertz CT molecular complexity index is 274. The summed E-state index contributed by atoms with van der Waals surface area (Å²) in [6, 6.07) is 0. The van der Waals surface area contributed by atoms with E-state index in [4.69, 9.17) is 48.5 Å². The fourth-order valence-electron chi connectivity index (χ4n) is 1.89. The van der Waals surface area contributed by atoms with Gasteiger partial charge in [0.25, 0.3) is 0 Å². The molecule has 0 aliphatic rings. The Morgan fingerprint density at radius 3 is 0.733 bits per heavy atom. The van der Waals surface area contributed by atoms with Gasteiger partial charge in [-0.1, -0.05) is 0 Å². The zero-order chi connectivity index (χ0) is 21.8. The van der Waals surface area contributed by atoms with Crippen LogP contribution in [0.5, 0.6) is 0 Å². The lowest BCUT2D eigenvalue weighted by atomic mass is 10.6. The molecule has 0 aromatic rings. The molecule has 0 aromatic carbocycles. The Morgan fingerprint density at radius 2 is 0.533 bits per heavy atom. The molecule has 0 aliphatic carbocycles. The van der Waals surface area contributed by atoms with Crippen LogP contribution in [0.2, 0.25) is 0 Å². The molecule has 11 nitrogen and oxygen atoms in total. The molecule has 0 saturated heterocycles. The standard InChI is InChI=1S/C19H41NO10/c1-21-2-3-22-4-5-23-6-7-24-8-9-25-10-11-26-12-13-27-14-15-28-16-17-29-18-19-30-20/h2-20H2,1H3. The minimum Gasteiger partial charge on any atom is -0.382 e. The Morgan fingerprint density at radius 1 is 0.333 bits per heavy atom. The fraction of sp³-hybridized carbons (Fsp3) is 1.00. The SMILES string of the molecule is COCCOCCOCCOCCOCCOCCOCCOCCOCCON. The first-order valence-electron chi connectivity index (χ1n) is 10.3. The molecular formula is C19H41NO10. The minimum atomic E-state index is 0.379. The molecule has 0 bridgehead atoms. The molecule has 0 aliphatic heterocycles. The van der Waals surface area contributed by atoms with Gasteiger partial charge in [0.2, 0.25) is 0 Å². The van der Waals surface area contributed by atoms with Gasteiger partial charge in [0.1, 0.15) is 0 Å². The largest absolute Gasteiger partial charge is 0.382 e. The molecule has 0 amide bonds. The van der Waals surface area contributed by atoms with Crippen LogP contribution in [0, 0.1) is 0 Å². The third-order valence-corrected chi connectivity index (χ3v) is 3.38. The van der Waals surface area contributed by atoms with Gasteiger partial charge in [0.15, 0.2) is 0 Å². The van der Waals surface area contributed by atoms with Gasteiger partial charge < -0.3 is 47.5 Å². The molecule has 0 spiro atoms. The normalized spacial score (nSPS) is 11.4. The molecule has 0 rings (SSSR count). The summed E-state index contributed by atoms with van der Waals surface area (Å²) in [6.07, 6.45) is 0. The molecule has 0 radical (unpaired) electrons. The maximum absolute atomic E-state index is 5.41. The number of rotatable bonds is 27. The first-order valence-corrected chi connectivity index (χ1v) is 10.3. The van der Waals surface area contributed by atoms with Crippen LogP contribution in [0.15, 0.2) is 0 Å². The zero-order valence-electron chi connectivity index (χ0n) is 18.4. The molecule has 182 valence electrons. The van der Waals surface area contributed by atoms with E-state index in [1.54, 1.807) is 7.11 Å². The van der Waals surface area contributed by atoms with E-state index in [-0.39, 0.29) is 0 Å². The summed E-state index contributed by atoms with van der Waals surface area (Å²) in [7, 11) is 1.64. The van der Waals surface area contributed by atoms with Crippen molar-refractivity contribution in [1.29, 1.82) is 0 Å². The van der Waals surface area contributed by atoms with E-state index in [2.05, 4.69) is 4.84 Å². The molecule has 2 N–H and O–H groups in total. The van der Waals surface area contributed by atoms with E-state index in [1.165, 1.54) is 0 Å². The lowest BCUT2D eigenvalue weighted by Gasteiger charge is -2.08. The van der Waals surface area contributed by atoms with Crippen molar-refractivity contribution in [3.05, 3.63) is 0 Å². The smallest absolute Gasteiger partial charge is 0.0913 e. The lowest BCUT2D eigenvalue weighted by Crippen LogP contribution is -2.15. The van der Waals surface area contributed by atoms with E-state index < -0.39 is 0 Å². The van der Waals surface area contributed by atoms with Crippen molar-refractivity contribution < 1.29 is 47.5 Å². The Labute approximate surface area is 180 Å². The van der Waals surface area contributed by atoms with E-state index in [1.807, 2.05) is 0 Å². The average Bonchev–Trinajstić information content (AvgIpc) is 2.76. The van der Waals surface area contributed by atoms with Gasteiger partial charge in [-0.25, -0.2) is 5.90 Å². The van der Waals surface area contributed by atoms with Crippen LogP contribution in [-0.2, 0) is 47.5 Å². The van der Waals surface area contributed by atoms with Crippen LogP contribution in [-0.4, -0.2) is 126 Å². The molecule has 0 unspecified atom stereocenters. The Balaban J connectivity index is 2.97. The highest BCUT2D eigenvalue weighted by molar-refractivity contribution is 4.38. The zero-order valence-corrected chi connectivity index (χ0v) is 18.4. The summed E-state index contributed by atoms with van der Waals surface area (Å²) in [5.41, 5.74) is 0. The molecular weight excluding hydrogens is 402 g/mol. The van der Waals surface area contributed by atoms with Gasteiger partial charge in [-0.15, -0.1) is 0 Å². The van der Waals surface area contributed by atoms with Gasteiger partial charge in [0.05, 0.1) is 119 Å². The highest BCUT2D eigenvalue weighted by Crippen LogP contribution is 1.85. The highest BCUT2D eigenvalue weighted by Gasteiger charge is 1.95. The van der Waals surface area contributed by atoms with E-state index >= 15 is 0 Å². The Hall–Kier alpha value is -0.440. The third-order valence-electron chi connectivity index (χ3n) is 3.38. The summed E-state index contributed by atoms with van der Waals surface area (Å²) in [5.74, 6) is 4.87. The van der Waals surface area contributed by atoms with Crippen molar-refractivity contribution in [1.82, 2.24) is 0 Å². The monoisotopic (exact) mass is 443 g/mol. The molecule has 0 fully saturated rings. The van der Waals surface area contributed by atoms with Gasteiger partial charge in [-0.2, -0.15) is 0 Å². The lowest BCUT2D eigenvalue weighted by molar-refractivity contribution is -0.0259. The first kappa shape index (κ1) is 29.6. The van der Waals surface area contributed by atoms with E-state index in [9.17, 15) is 0 Å². The summed E-state index contributed by atoms with van der Waals surface area (Å²) in [4.78, 5) is 4.38. The molecule has 0 aromatic heterocycles. The summed E-state index contributed by atoms with van der Waals surface area (Å²) < 4.78 is 47.7. The predicted molar refractivity (Wildman–Crippen MR) is 109 cm³/mol. The van der Waals surface area contributed by atoms with E-state index in [0.717, 1.165) is 0 Å². The molecule has 11 heteroatoms. The second-order valence-electron chi connectivity index (χ2n) is 5.76. The molecule has 0 saturated carbocycles. The van der Waals surface area contributed by atoms with Crippen LogP contribution >= 0.6 is 0 Å². The van der Waals surface area contributed by atoms with Gasteiger partial charge >= 0.3 is 0 Å². The maximum atomic E-state index is 5.41. The summed E-state index contributed by atoms with van der Waals surface area (Å²) >= 11 is 0. The van der Waals surface area contributed by atoms with Gasteiger partial charge in [-0.05, 0) is 0 Å². The van der Waals surface area contributed by atoms with Crippen molar-refractivity contribution in [2.24, 2.45) is 5.90 Å². The minimum absolute atomic E-state index is 0.379. The average molecular weight is 444 g/mol. The van der Waals surface area contributed by atoms with Crippen LogP contribution in [0.4, 0.5) is 0 Å². The van der Waals surface area contributed by atoms with Crippen molar-refractivity contribution >= 4 is 0 Å². The topological polar surface area (TPSA) is 118 Å². The van der Waals surface area contributed by atoms with Crippen molar-refractivity contribution in [2.75, 3.05) is 126 Å². The number of methoxy groups -OCH3 is 1. The van der Waals surface area contributed by atoms with Crippen LogP contribution in [0.25, 0.3) is 0 Å².